The fourth-order valence-corrected chi connectivity index (χ4v) is 2.29. The summed E-state index contributed by atoms with van der Waals surface area (Å²) in [6.45, 7) is 7.45. The van der Waals surface area contributed by atoms with Gasteiger partial charge in [-0.05, 0) is 19.8 Å². The van der Waals surface area contributed by atoms with E-state index in [1.807, 2.05) is 24.3 Å². The smallest absolute Gasteiger partial charge is 0.225 e. The van der Waals surface area contributed by atoms with Crippen LogP contribution in [0.15, 0.2) is 36.4 Å². The summed E-state index contributed by atoms with van der Waals surface area (Å²) in [6.07, 6.45) is 4.64. The number of anilines is 2. The Balaban J connectivity index is 2.21. The van der Waals surface area contributed by atoms with Gasteiger partial charge < -0.3 is 10.6 Å². The van der Waals surface area contributed by atoms with Crippen molar-refractivity contribution < 1.29 is 0 Å². The summed E-state index contributed by atoms with van der Waals surface area (Å²) in [7, 11) is 0. The molecular weight excluding hydrogens is 284 g/mol. The second-order valence-corrected chi connectivity index (χ2v) is 5.92. The first-order valence-electron chi connectivity index (χ1n) is 8.67. The largest absolute Gasteiger partial charge is 0.367 e. The minimum Gasteiger partial charge on any atom is -0.367 e. The van der Waals surface area contributed by atoms with Crippen molar-refractivity contribution in [3.63, 3.8) is 0 Å². The van der Waals surface area contributed by atoms with Gasteiger partial charge in [0.2, 0.25) is 5.95 Å². The van der Waals surface area contributed by atoms with Crippen molar-refractivity contribution in [3.8, 4) is 11.3 Å². The molecular formula is C19H28N4. The molecule has 0 bridgehead atoms. The van der Waals surface area contributed by atoms with Crippen molar-refractivity contribution in [1.82, 2.24) is 9.97 Å². The monoisotopic (exact) mass is 312 g/mol. The van der Waals surface area contributed by atoms with Crippen molar-refractivity contribution in [2.45, 2.75) is 52.5 Å². The fraction of sp³-hybridized carbons (Fsp3) is 0.474. The molecule has 0 amide bonds. The summed E-state index contributed by atoms with van der Waals surface area (Å²) in [5, 5.41) is 6.81. The van der Waals surface area contributed by atoms with E-state index in [0.717, 1.165) is 36.5 Å². The lowest BCUT2D eigenvalue weighted by atomic mass is 10.1. The molecule has 1 aromatic heterocycles. The summed E-state index contributed by atoms with van der Waals surface area (Å²) in [5.74, 6) is 1.58. The van der Waals surface area contributed by atoms with Crippen LogP contribution in [-0.4, -0.2) is 22.6 Å². The van der Waals surface area contributed by atoms with Gasteiger partial charge >= 0.3 is 0 Å². The lowest BCUT2D eigenvalue weighted by molar-refractivity contribution is 0.739. The molecule has 2 rings (SSSR count). The Morgan fingerprint density at radius 1 is 1.04 bits per heavy atom. The summed E-state index contributed by atoms with van der Waals surface area (Å²) in [4.78, 5) is 9.28. The Bertz CT molecular complexity index is 583. The minimum atomic E-state index is 0.390. The molecule has 0 saturated heterocycles. The summed E-state index contributed by atoms with van der Waals surface area (Å²) < 4.78 is 0. The summed E-state index contributed by atoms with van der Waals surface area (Å²) in [6, 6.07) is 12.7. The Kier molecular flexibility index (Phi) is 6.85. The molecule has 4 nitrogen and oxygen atoms in total. The molecule has 2 N–H and O–H groups in total. The van der Waals surface area contributed by atoms with Gasteiger partial charge in [-0.2, -0.15) is 4.98 Å². The molecule has 0 spiro atoms. The van der Waals surface area contributed by atoms with E-state index in [-0.39, 0.29) is 0 Å². The quantitative estimate of drug-likeness (QED) is 0.643. The van der Waals surface area contributed by atoms with Crippen LogP contribution >= 0.6 is 0 Å². The number of hydrogen-bond donors (Lipinski definition) is 2. The SMILES string of the molecule is CCCCCNc1nc(NC(C)CC)cc(-c2ccccc2)n1. The maximum Gasteiger partial charge on any atom is 0.225 e. The lowest BCUT2D eigenvalue weighted by Crippen LogP contribution is -2.16. The highest BCUT2D eigenvalue weighted by molar-refractivity contribution is 5.64. The Hall–Kier alpha value is -2.10. The highest BCUT2D eigenvalue weighted by atomic mass is 15.1. The van der Waals surface area contributed by atoms with Gasteiger partial charge in [0.1, 0.15) is 5.82 Å². The van der Waals surface area contributed by atoms with Crippen molar-refractivity contribution in [3.05, 3.63) is 36.4 Å². The number of aromatic nitrogens is 2. The van der Waals surface area contributed by atoms with E-state index in [2.05, 4.69) is 53.5 Å². The third-order valence-corrected chi connectivity index (χ3v) is 3.87. The molecule has 0 aliphatic carbocycles. The van der Waals surface area contributed by atoms with Gasteiger partial charge in [-0.3, -0.25) is 0 Å². The van der Waals surface area contributed by atoms with E-state index in [1.165, 1.54) is 12.8 Å². The summed E-state index contributed by atoms with van der Waals surface area (Å²) in [5.41, 5.74) is 2.06. The molecule has 1 aromatic carbocycles. The first-order valence-corrected chi connectivity index (χ1v) is 8.67. The van der Waals surface area contributed by atoms with E-state index in [1.54, 1.807) is 0 Å². The number of benzene rings is 1. The van der Waals surface area contributed by atoms with Gasteiger partial charge in [0.25, 0.3) is 0 Å². The fourth-order valence-electron chi connectivity index (χ4n) is 2.29. The van der Waals surface area contributed by atoms with Gasteiger partial charge in [0.15, 0.2) is 0 Å². The van der Waals surface area contributed by atoms with Gasteiger partial charge in [-0.15, -0.1) is 0 Å². The first-order chi connectivity index (χ1) is 11.2. The zero-order valence-electron chi connectivity index (χ0n) is 14.5. The van der Waals surface area contributed by atoms with Crippen LogP contribution in [0.2, 0.25) is 0 Å². The van der Waals surface area contributed by atoms with Crippen LogP contribution in [0.5, 0.6) is 0 Å². The molecule has 0 aliphatic heterocycles. The zero-order valence-corrected chi connectivity index (χ0v) is 14.5. The van der Waals surface area contributed by atoms with Crippen molar-refractivity contribution in [2.75, 3.05) is 17.2 Å². The number of nitrogens with one attached hydrogen (secondary N) is 2. The van der Waals surface area contributed by atoms with Crippen LogP contribution in [0.3, 0.4) is 0 Å². The maximum atomic E-state index is 4.67. The number of nitrogens with zero attached hydrogens (tertiary/aromatic N) is 2. The van der Waals surface area contributed by atoms with Gasteiger partial charge in [0, 0.05) is 24.2 Å². The second-order valence-electron chi connectivity index (χ2n) is 5.92. The number of unbranched alkanes of at least 4 members (excludes halogenated alkanes) is 2. The number of rotatable bonds is 9. The first kappa shape index (κ1) is 17.3. The Labute approximate surface area is 139 Å². The predicted octanol–water partition coefficient (Wildman–Crippen LogP) is 4.96. The van der Waals surface area contributed by atoms with Crippen LogP contribution in [0.4, 0.5) is 11.8 Å². The lowest BCUT2D eigenvalue weighted by Gasteiger charge is -2.15. The van der Waals surface area contributed by atoms with Crippen molar-refractivity contribution >= 4 is 11.8 Å². The minimum absolute atomic E-state index is 0.390. The van der Waals surface area contributed by atoms with Crippen LogP contribution < -0.4 is 10.6 Å². The maximum absolute atomic E-state index is 4.67. The van der Waals surface area contributed by atoms with Crippen LogP contribution in [0.1, 0.15) is 46.5 Å². The van der Waals surface area contributed by atoms with E-state index in [9.17, 15) is 0 Å². The predicted molar refractivity (Wildman–Crippen MR) is 98.9 cm³/mol. The third-order valence-electron chi connectivity index (χ3n) is 3.87. The van der Waals surface area contributed by atoms with E-state index in [0.29, 0.717) is 12.0 Å². The third kappa shape index (κ3) is 5.55. The average molecular weight is 312 g/mol. The van der Waals surface area contributed by atoms with Crippen LogP contribution in [0.25, 0.3) is 11.3 Å². The molecule has 1 heterocycles. The zero-order chi connectivity index (χ0) is 16.5. The molecule has 0 radical (unpaired) electrons. The van der Waals surface area contributed by atoms with Gasteiger partial charge in [-0.25, -0.2) is 4.98 Å². The molecule has 124 valence electrons. The Morgan fingerprint density at radius 3 is 2.52 bits per heavy atom. The van der Waals surface area contributed by atoms with E-state index >= 15 is 0 Å². The second kappa shape index (κ2) is 9.13. The summed E-state index contributed by atoms with van der Waals surface area (Å²) >= 11 is 0. The molecule has 0 aliphatic rings. The highest BCUT2D eigenvalue weighted by Gasteiger charge is 2.08. The van der Waals surface area contributed by atoms with Crippen molar-refractivity contribution in [2.24, 2.45) is 0 Å². The van der Waals surface area contributed by atoms with Gasteiger partial charge in [-0.1, -0.05) is 57.0 Å². The Morgan fingerprint density at radius 2 is 1.83 bits per heavy atom. The molecule has 1 atom stereocenters. The van der Waals surface area contributed by atoms with Crippen molar-refractivity contribution in [1.29, 1.82) is 0 Å². The number of hydrogen-bond acceptors (Lipinski definition) is 4. The highest BCUT2D eigenvalue weighted by Crippen LogP contribution is 2.22. The molecule has 1 unspecified atom stereocenters. The average Bonchev–Trinajstić information content (AvgIpc) is 2.59. The van der Waals surface area contributed by atoms with E-state index in [4.69, 9.17) is 0 Å². The topological polar surface area (TPSA) is 49.8 Å². The van der Waals surface area contributed by atoms with Crippen LogP contribution in [0, 0.1) is 0 Å². The normalized spacial score (nSPS) is 12.0. The van der Waals surface area contributed by atoms with Gasteiger partial charge in [0.05, 0.1) is 5.69 Å². The molecule has 0 saturated carbocycles. The van der Waals surface area contributed by atoms with Crippen LogP contribution in [-0.2, 0) is 0 Å². The molecule has 2 aromatic rings. The van der Waals surface area contributed by atoms with E-state index < -0.39 is 0 Å². The molecule has 0 fully saturated rings. The molecule has 23 heavy (non-hydrogen) atoms. The molecule has 4 heteroatoms. The standard InChI is InChI=1S/C19H28N4/c1-4-6-10-13-20-19-22-17(16-11-8-7-9-12-16)14-18(23-19)21-15(3)5-2/h7-9,11-12,14-15H,4-6,10,13H2,1-3H3,(H2,20,21,22,23).